The summed E-state index contributed by atoms with van der Waals surface area (Å²) in [7, 11) is 0. The molecular formula is C13H9IO3. The number of aromatic hydroxyl groups is 1. The van der Waals surface area contributed by atoms with Crippen LogP contribution in [0, 0.1) is 3.57 Å². The lowest BCUT2D eigenvalue weighted by molar-refractivity contribution is 0.424. The SMILES string of the molecule is O=c1ccoc(C=Cc2ccc(I)cc2)c1O. The zero-order chi connectivity index (χ0) is 12.3. The van der Waals surface area contributed by atoms with E-state index in [-0.39, 0.29) is 11.5 Å². The van der Waals surface area contributed by atoms with Crippen molar-refractivity contribution in [1.29, 1.82) is 0 Å². The smallest absolute Gasteiger partial charge is 0.227 e. The molecule has 0 atom stereocenters. The molecule has 0 saturated carbocycles. The molecule has 0 aliphatic heterocycles. The maximum atomic E-state index is 11.2. The number of hydrogen-bond acceptors (Lipinski definition) is 3. The van der Waals surface area contributed by atoms with Crippen LogP contribution in [0.25, 0.3) is 12.2 Å². The van der Waals surface area contributed by atoms with E-state index >= 15 is 0 Å². The molecule has 0 aliphatic rings. The highest BCUT2D eigenvalue weighted by Gasteiger charge is 2.02. The highest BCUT2D eigenvalue weighted by Crippen LogP contribution is 2.15. The van der Waals surface area contributed by atoms with Crippen molar-refractivity contribution in [1.82, 2.24) is 0 Å². The Kier molecular flexibility index (Phi) is 3.63. The average Bonchev–Trinajstić information content (AvgIpc) is 2.33. The van der Waals surface area contributed by atoms with Gasteiger partial charge in [-0.05, 0) is 46.4 Å². The van der Waals surface area contributed by atoms with Crippen LogP contribution in [0.1, 0.15) is 11.3 Å². The summed E-state index contributed by atoms with van der Waals surface area (Å²) in [6, 6.07) is 9.01. The van der Waals surface area contributed by atoms with Crippen LogP contribution in [0.2, 0.25) is 0 Å². The van der Waals surface area contributed by atoms with Gasteiger partial charge in [-0.1, -0.05) is 18.2 Å². The molecule has 0 spiro atoms. The van der Waals surface area contributed by atoms with Crippen LogP contribution in [-0.2, 0) is 0 Å². The van der Waals surface area contributed by atoms with Gasteiger partial charge >= 0.3 is 0 Å². The third kappa shape index (κ3) is 2.97. The Bertz CT molecular complexity index is 597. The van der Waals surface area contributed by atoms with E-state index in [4.69, 9.17) is 4.42 Å². The largest absolute Gasteiger partial charge is 0.502 e. The van der Waals surface area contributed by atoms with Crippen molar-refractivity contribution in [2.75, 3.05) is 0 Å². The van der Waals surface area contributed by atoms with E-state index in [9.17, 15) is 9.90 Å². The van der Waals surface area contributed by atoms with E-state index in [2.05, 4.69) is 22.6 Å². The number of rotatable bonds is 2. The van der Waals surface area contributed by atoms with Crippen LogP contribution in [0.4, 0.5) is 0 Å². The van der Waals surface area contributed by atoms with Gasteiger partial charge in [-0.15, -0.1) is 0 Å². The molecule has 2 rings (SSSR count). The van der Waals surface area contributed by atoms with Gasteiger partial charge in [-0.2, -0.15) is 0 Å². The maximum Gasteiger partial charge on any atom is 0.227 e. The fourth-order valence-electron chi connectivity index (χ4n) is 1.29. The zero-order valence-electron chi connectivity index (χ0n) is 8.76. The van der Waals surface area contributed by atoms with E-state index in [0.29, 0.717) is 0 Å². The molecule has 86 valence electrons. The molecule has 1 heterocycles. The Morgan fingerprint density at radius 1 is 1.12 bits per heavy atom. The molecule has 0 fully saturated rings. The summed E-state index contributed by atoms with van der Waals surface area (Å²) in [5.74, 6) is -0.203. The van der Waals surface area contributed by atoms with Gasteiger partial charge in [-0.25, -0.2) is 0 Å². The van der Waals surface area contributed by atoms with Crippen molar-refractivity contribution in [3.05, 3.63) is 61.7 Å². The summed E-state index contributed by atoms with van der Waals surface area (Å²) in [6.45, 7) is 0. The molecule has 0 unspecified atom stereocenters. The van der Waals surface area contributed by atoms with Crippen LogP contribution in [0.15, 0.2) is 45.8 Å². The van der Waals surface area contributed by atoms with Crippen LogP contribution in [0.3, 0.4) is 0 Å². The van der Waals surface area contributed by atoms with E-state index < -0.39 is 5.43 Å². The minimum absolute atomic E-state index is 0.163. The Labute approximate surface area is 112 Å². The lowest BCUT2D eigenvalue weighted by atomic mass is 10.2. The molecule has 0 saturated heterocycles. The van der Waals surface area contributed by atoms with Crippen molar-refractivity contribution in [2.24, 2.45) is 0 Å². The number of hydrogen-bond donors (Lipinski definition) is 1. The van der Waals surface area contributed by atoms with Crippen molar-refractivity contribution in [2.45, 2.75) is 0 Å². The van der Waals surface area contributed by atoms with Gasteiger partial charge in [0.05, 0.1) is 6.26 Å². The molecule has 0 amide bonds. The van der Waals surface area contributed by atoms with E-state index in [0.717, 1.165) is 9.13 Å². The van der Waals surface area contributed by atoms with Gasteiger partial charge in [0.2, 0.25) is 11.2 Å². The second-order valence-corrected chi connectivity index (χ2v) is 4.63. The summed E-state index contributed by atoms with van der Waals surface area (Å²) >= 11 is 2.22. The van der Waals surface area contributed by atoms with E-state index in [1.54, 1.807) is 12.2 Å². The Balaban J connectivity index is 2.29. The van der Waals surface area contributed by atoms with Gasteiger partial charge in [0, 0.05) is 9.64 Å². The topological polar surface area (TPSA) is 50.4 Å². The van der Waals surface area contributed by atoms with Crippen LogP contribution in [-0.4, -0.2) is 5.11 Å². The van der Waals surface area contributed by atoms with Gasteiger partial charge in [-0.3, -0.25) is 4.79 Å². The lowest BCUT2D eigenvalue weighted by Crippen LogP contribution is -1.97. The molecule has 17 heavy (non-hydrogen) atoms. The summed E-state index contributed by atoms with van der Waals surface area (Å²) in [5.41, 5.74) is 0.523. The number of halogens is 1. The van der Waals surface area contributed by atoms with Crippen LogP contribution >= 0.6 is 22.6 Å². The molecule has 4 heteroatoms. The lowest BCUT2D eigenvalue weighted by Gasteiger charge is -1.96. The average molecular weight is 340 g/mol. The molecule has 1 aromatic carbocycles. The molecule has 0 bridgehead atoms. The Morgan fingerprint density at radius 2 is 1.82 bits per heavy atom. The second-order valence-electron chi connectivity index (χ2n) is 3.38. The van der Waals surface area contributed by atoms with Crippen molar-refractivity contribution in [3.63, 3.8) is 0 Å². The molecule has 0 radical (unpaired) electrons. The summed E-state index contributed by atoms with van der Waals surface area (Å²) in [4.78, 5) is 11.2. The molecule has 3 nitrogen and oxygen atoms in total. The minimum atomic E-state index is -0.446. The first-order valence-electron chi connectivity index (χ1n) is 4.91. The molecule has 1 aromatic heterocycles. The zero-order valence-corrected chi connectivity index (χ0v) is 10.9. The first kappa shape index (κ1) is 11.9. The second kappa shape index (κ2) is 5.18. The Morgan fingerprint density at radius 3 is 2.53 bits per heavy atom. The van der Waals surface area contributed by atoms with Crippen molar-refractivity contribution < 1.29 is 9.52 Å². The summed E-state index contributed by atoms with van der Waals surface area (Å²) < 4.78 is 6.19. The van der Waals surface area contributed by atoms with Crippen LogP contribution in [0.5, 0.6) is 5.75 Å². The van der Waals surface area contributed by atoms with Gasteiger partial charge in [0.25, 0.3) is 0 Å². The predicted molar refractivity (Wildman–Crippen MR) is 74.7 cm³/mol. The molecule has 2 aromatic rings. The normalized spacial score (nSPS) is 10.9. The predicted octanol–water partition coefficient (Wildman–Crippen LogP) is 3.12. The van der Waals surface area contributed by atoms with Gasteiger partial charge in [0.15, 0.2) is 5.76 Å². The van der Waals surface area contributed by atoms with E-state index in [1.807, 2.05) is 24.3 Å². The fourth-order valence-corrected chi connectivity index (χ4v) is 1.65. The van der Waals surface area contributed by atoms with Crippen molar-refractivity contribution in [3.8, 4) is 5.75 Å². The standard InChI is InChI=1S/C13H9IO3/c14-10-4-1-9(2-5-10)3-6-12-13(16)11(15)7-8-17-12/h1-8,16H. The minimum Gasteiger partial charge on any atom is -0.502 e. The first-order chi connectivity index (χ1) is 8.16. The highest BCUT2D eigenvalue weighted by atomic mass is 127. The van der Waals surface area contributed by atoms with Gasteiger partial charge < -0.3 is 9.52 Å². The fraction of sp³-hybridized carbons (Fsp3) is 0. The number of benzene rings is 1. The molecule has 1 N–H and O–H groups in total. The van der Waals surface area contributed by atoms with Gasteiger partial charge in [0.1, 0.15) is 0 Å². The van der Waals surface area contributed by atoms with Crippen molar-refractivity contribution >= 4 is 34.7 Å². The van der Waals surface area contributed by atoms with Crippen LogP contribution < -0.4 is 5.43 Å². The van der Waals surface area contributed by atoms with E-state index in [1.165, 1.54) is 12.3 Å². The third-order valence-corrected chi connectivity index (χ3v) is 2.90. The highest BCUT2D eigenvalue weighted by molar-refractivity contribution is 14.1. The monoisotopic (exact) mass is 340 g/mol. The molecule has 0 aliphatic carbocycles. The first-order valence-corrected chi connectivity index (χ1v) is 5.99. The quantitative estimate of drug-likeness (QED) is 0.855. The summed E-state index contributed by atoms with van der Waals surface area (Å²) in [5, 5.41) is 9.46. The Hall–Kier alpha value is -1.56. The summed E-state index contributed by atoms with van der Waals surface area (Å²) in [6.07, 6.45) is 4.60. The molecular weight excluding hydrogens is 331 g/mol. The maximum absolute atomic E-state index is 11.2. The third-order valence-electron chi connectivity index (χ3n) is 2.18.